The van der Waals surface area contributed by atoms with Gasteiger partial charge in [-0.15, -0.1) is 5.10 Å². The molecule has 0 unspecified atom stereocenters. The second-order valence-electron chi connectivity index (χ2n) is 7.87. The van der Waals surface area contributed by atoms with Crippen molar-refractivity contribution >= 4 is 16.8 Å². The van der Waals surface area contributed by atoms with E-state index in [1.165, 1.54) is 10.7 Å². The molecule has 0 spiro atoms. The number of fused-ring (bicyclic) bond motifs is 1. The number of carbonyl (C=O) groups is 1. The van der Waals surface area contributed by atoms with Crippen molar-refractivity contribution in [1.82, 2.24) is 29.4 Å². The lowest BCUT2D eigenvalue weighted by atomic mass is 9.98. The molecule has 4 heterocycles. The molecule has 1 aliphatic rings. The van der Waals surface area contributed by atoms with Gasteiger partial charge in [-0.1, -0.05) is 6.07 Å². The predicted molar refractivity (Wildman–Crippen MR) is 113 cm³/mol. The van der Waals surface area contributed by atoms with Gasteiger partial charge >= 0.3 is 0 Å². The maximum absolute atomic E-state index is 12.9. The minimum Gasteiger partial charge on any atom is -0.361 e. The third-order valence-electron chi connectivity index (χ3n) is 5.58. The summed E-state index contributed by atoms with van der Waals surface area (Å²) in [6.45, 7) is 5.57. The highest BCUT2D eigenvalue weighted by atomic mass is 16.2. The highest BCUT2D eigenvalue weighted by molar-refractivity contribution is 6.06. The summed E-state index contributed by atoms with van der Waals surface area (Å²) in [5, 5.41) is 9.87. The molecule has 1 saturated heterocycles. The predicted octanol–water partition coefficient (Wildman–Crippen LogP) is 2.30. The van der Waals surface area contributed by atoms with Crippen LogP contribution in [-0.2, 0) is 6.54 Å². The molecule has 152 valence electrons. The highest BCUT2D eigenvalue weighted by Gasteiger charge is 2.32. The summed E-state index contributed by atoms with van der Waals surface area (Å²) in [4.78, 5) is 30.2. The van der Waals surface area contributed by atoms with Crippen LogP contribution in [0, 0.1) is 19.8 Å². The van der Waals surface area contributed by atoms with E-state index >= 15 is 0 Å². The second kappa shape index (κ2) is 6.98. The van der Waals surface area contributed by atoms with Gasteiger partial charge in [0.05, 0.1) is 12.2 Å². The summed E-state index contributed by atoms with van der Waals surface area (Å²) in [6, 6.07) is 12.8. The summed E-state index contributed by atoms with van der Waals surface area (Å²) < 4.78 is 3.21. The van der Waals surface area contributed by atoms with E-state index in [0.29, 0.717) is 31.0 Å². The van der Waals surface area contributed by atoms with Crippen LogP contribution in [0.3, 0.4) is 0 Å². The van der Waals surface area contributed by atoms with Crippen LogP contribution in [0.5, 0.6) is 0 Å². The van der Waals surface area contributed by atoms with E-state index in [0.717, 1.165) is 22.3 Å². The van der Waals surface area contributed by atoms with E-state index < -0.39 is 0 Å². The molecule has 0 bridgehead atoms. The van der Waals surface area contributed by atoms with Crippen molar-refractivity contribution in [2.45, 2.75) is 20.4 Å². The molecule has 1 amide bonds. The average Bonchev–Trinajstić information content (AvgIpc) is 3.30. The van der Waals surface area contributed by atoms with Gasteiger partial charge in [0.1, 0.15) is 0 Å². The Morgan fingerprint density at radius 1 is 1.13 bits per heavy atom. The summed E-state index contributed by atoms with van der Waals surface area (Å²) in [7, 11) is 0. The van der Waals surface area contributed by atoms with E-state index in [9.17, 15) is 9.59 Å². The first-order chi connectivity index (χ1) is 14.5. The highest BCUT2D eigenvalue weighted by Crippen LogP contribution is 2.24. The molecule has 0 radical (unpaired) electrons. The monoisotopic (exact) mass is 402 g/mol. The lowest BCUT2D eigenvalue weighted by Crippen LogP contribution is -2.52. The first kappa shape index (κ1) is 18.4. The summed E-state index contributed by atoms with van der Waals surface area (Å²) in [5.41, 5.74) is 3.37. The smallest absolute Gasteiger partial charge is 0.266 e. The quantitative estimate of drug-likeness (QED) is 0.567. The van der Waals surface area contributed by atoms with Crippen molar-refractivity contribution in [1.29, 1.82) is 0 Å². The fraction of sp³-hybridized carbons (Fsp3) is 0.273. The minimum atomic E-state index is -0.151. The van der Waals surface area contributed by atoms with E-state index in [-0.39, 0.29) is 17.4 Å². The third-order valence-corrected chi connectivity index (χ3v) is 5.58. The minimum absolute atomic E-state index is 0.0214. The Morgan fingerprint density at radius 2 is 1.97 bits per heavy atom. The van der Waals surface area contributed by atoms with Crippen LogP contribution in [0.1, 0.15) is 21.7 Å². The van der Waals surface area contributed by atoms with Crippen LogP contribution < -0.4 is 5.56 Å². The standard InChI is InChI=1S/C22H22N6O2/c1-14-10-15(2)28(24-14)20-6-7-21(29)27(25-20)13-16-11-26(12-16)22(30)18-4-3-5-19-17(18)8-9-23-19/h3-10,16,23H,11-13H2,1-2H3. The molecule has 1 N–H and O–H groups in total. The maximum atomic E-state index is 12.9. The molecule has 8 heteroatoms. The number of H-pyrrole nitrogens is 1. The van der Waals surface area contributed by atoms with Gasteiger partial charge in [0.25, 0.3) is 11.5 Å². The Kier molecular flexibility index (Phi) is 4.27. The van der Waals surface area contributed by atoms with Gasteiger partial charge < -0.3 is 9.88 Å². The molecule has 3 aromatic heterocycles. The zero-order chi connectivity index (χ0) is 20.8. The van der Waals surface area contributed by atoms with Gasteiger partial charge in [-0.25, -0.2) is 9.36 Å². The van der Waals surface area contributed by atoms with Crippen LogP contribution >= 0.6 is 0 Å². The lowest BCUT2D eigenvalue weighted by molar-refractivity contribution is 0.0460. The number of carbonyl (C=O) groups excluding carboxylic acids is 1. The number of aromatic nitrogens is 5. The molecule has 1 aliphatic heterocycles. The van der Waals surface area contributed by atoms with Crippen LogP contribution in [0.2, 0.25) is 0 Å². The zero-order valence-electron chi connectivity index (χ0n) is 16.9. The SMILES string of the molecule is Cc1cc(C)n(-c2ccc(=O)n(CC3CN(C(=O)c4cccc5[nH]ccc45)C3)n2)n1. The average molecular weight is 402 g/mol. The normalized spacial score (nSPS) is 14.3. The van der Waals surface area contributed by atoms with E-state index in [4.69, 9.17) is 0 Å². The van der Waals surface area contributed by atoms with Crippen molar-refractivity contribution in [3.05, 3.63) is 76.0 Å². The Morgan fingerprint density at radius 3 is 2.73 bits per heavy atom. The Labute approximate surface area is 172 Å². The largest absolute Gasteiger partial charge is 0.361 e. The fourth-order valence-corrected chi connectivity index (χ4v) is 4.08. The summed E-state index contributed by atoms with van der Waals surface area (Å²) in [5.74, 6) is 0.833. The van der Waals surface area contributed by atoms with Crippen molar-refractivity contribution in [2.75, 3.05) is 13.1 Å². The molecular formula is C22H22N6O2. The van der Waals surface area contributed by atoms with Crippen molar-refractivity contribution < 1.29 is 4.79 Å². The van der Waals surface area contributed by atoms with Crippen molar-refractivity contribution in [3.8, 4) is 5.82 Å². The molecular weight excluding hydrogens is 380 g/mol. The van der Waals surface area contributed by atoms with Crippen molar-refractivity contribution in [2.24, 2.45) is 5.92 Å². The number of aryl methyl sites for hydroxylation is 2. The Hall–Kier alpha value is -3.68. The molecule has 0 aliphatic carbocycles. The number of hydrogen-bond donors (Lipinski definition) is 1. The first-order valence-electron chi connectivity index (χ1n) is 9.97. The Bertz CT molecular complexity index is 1310. The summed E-state index contributed by atoms with van der Waals surface area (Å²) >= 11 is 0. The molecule has 1 aromatic carbocycles. The second-order valence-corrected chi connectivity index (χ2v) is 7.87. The number of benzene rings is 1. The van der Waals surface area contributed by atoms with Crippen LogP contribution in [-0.4, -0.2) is 48.4 Å². The molecule has 30 heavy (non-hydrogen) atoms. The first-order valence-corrected chi connectivity index (χ1v) is 9.97. The molecule has 4 aromatic rings. The fourth-order valence-electron chi connectivity index (χ4n) is 4.08. The van der Waals surface area contributed by atoms with Crippen LogP contribution in [0.25, 0.3) is 16.7 Å². The van der Waals surface area contributed by atoms with Crippen LogP contribution in [0.15, 0.2) is 53.5 Å². The molecule has 1 fully saturated rings. The number of hydrogen-bond acceptors (Lipinski definition) is 4. The number of likely N-dealkylation sites (tertiary alicyclic amines) is 1. The number of aromatic amines is 1. The lowest BCUT2D eigenvalue weighted by Gasteiger charge is -2.39. The number of rotatable bonds is 4. The van der Waals surface area contributed by atoms with Gasteiger partial charge in [-0.2, -0.15) is 5.10 Å². The van der Waals surface area contributed by atoms with Crippen molar-refractivity contribution in [3.63, 3.8) is 0 Å². The van der Waals surface area contributed by atoms with Gasteiger partial charge in [0.2, 0.25) is 0 Å². The molecule has 5 rings (SSSR count). The van der Waals surface area contributed by atoms with Gasteiger partial charge in [-0.3, -0.25) is 9.59 Å². The Balaban J connectivity index is 1.30. The number of amides is 1. The maximum Gasteiger partial charge on any atom is 0.266 e. The van der Waals surface area contributed by atoms with Gasteiger partial charge in [0, 0.05) is 53.4 Å². The topological polar surface area (TPSA) is 88.8 Å². The van der Waals surface area contributed by atoms with Gasteiger partial charge in [-0.05, 0) is 44.2 Å². The van der Waals surface area contributed by atoms with Gasteiger partial charge in [0.15, 0.2) is 5.82 Å². The molecule has 0 atom stereocenters. The summed E-state index contributed by atoms with van der Waals surface area (Å²) in [6.07, 6.45) is 1.84. The number of nitrogens with zero attached hydrogens (tertiary/aromatic N) is 5. The van der Waals surface area contributed by atoms with E-state index in [2.05, 4.69) is 15.2 Å². The van der Waals surface area contributed by atoms with E-state index in [1.807, 2.05) is 55.3 Å². The third kappa shape index (κ3) is 3.10. The zero-order valence-corrected chi connectivity index (χ0v) is 16.9. The van der Waals surface area contributed by atoms with Crippen LogP contribution in [0.4, 0.5) is 0 Å². The molecule has 8 nitrogen and oxygen atoms in total. The number of nitrogens with one attached hydrogen (secondary N) is 1. The molecule has 0 saturated carbocycles. The van der Waals surface area contributed by atoms with E-state index in [1.54, 1.807) is 10.7 Å².